The van der Waals surface area contributed by atoms with Crippen molar-refractivity contribution in [2.45, 2.75) is 32.6 Å². The van der Waals surface area contributed by atoms with Crippen LogP contribution in [0.4, 0.5) is 0 Å². The van der Waals surface area contributed by atoms with E-state index in [0.717, 1.165) is 43.8 Å². The van der Waals surface area contributed by atoms with Crippen LogP contribution in [0.1, 0.15) is 38.2 Å². The van der Waals surface area contributed by atoms with Crippen molar-refractivity contribution in [3.63, 3.8) is 0 Å². The molecular weight excluding hydrogens is 316 g/mol. The topological polar surface area (TPSA) is 66.0 Å². The van der Waals surface area contributed by atoms with Crippen molar-refractivity contribution in [3.8, 4) is 5.75 Å². The molecule has 1 saturated heterocycles. The maximum atomic E-state index is 12.1. The number of rotatable bonds is 7. The predicted octanol–water partition coefficient (Wildman–Crippen LogP) is 1.98. The van der Waals surface area contributed by atoms with Gasteiger partial charge in [0.15, 0.2) is 5.96 Å². The molecule has 25 heavy (non-hydrogen) atoms. The summed E-state index contributed by atoms with van der Waals surface area (Å²) in [6, 6.07) is 8.03. The molecule has 1 aliphatic heterocycles. The van der Waals surface area contributed by atoms with E-state index in [1.54, 1.807) is 7.11 Å². The number of ether oxygens (including phenoxy) is 1. The van der Waals surface area contributed by atoms with Crippen LogP contribution in [0.2, 0.25) is 0 Å². The first-order chi connectivity index (χ1) is 12.2. The average Bonchev–Trinajstić information content (AvgIpc) is 3.18. The average molecular weight is 346 g/mol. The number of aliphatic imine (C=N–C) groups is 1. The van der Waals surface area contributed by atoms with E-state index in [1.807, 2.05) is 30.0 Å². The zero-order valence-electron chi connectivity index (χ0n) is 15.5. The van der Waals surface area contributed by atoms with Gasteiger partial charge in [-0.15, -0.1) is 0 Å². The van der Waals surface area contributed by atoms with E-state index in [-0.39, 0.29) is 18.4 Å². The van der Waals surface area contributed by atoms with Crippen LogP contribution in [0.5, 0.6) is 5.75 Å². The molecule has 1 heterocycles. The molecule has 0 bridgehead atoms. The summed E-state index contributed by atoms with van der Waals surface area (Å²) < 4.78 is 5.43. The van der Waals surface area contributed by atoms with E-state index in [9.17, 15) is 4.79 Å². The van der Waals surface area contributed by atoms with Gasteiger partial charge in [-0.05, 0) is 31.4 Å². The number of nitrogens with zero attached hydrogens (tertiary/aromatic N) is 2. The Morgan fingerprint density at radius 1 is 1.28 bits per heavy atom. The quantitative estimate of drug-likeness (QED) is 0.585. The largest absolute Gasteiger partial charge is 0.496 e. The summed E-state index contributed by atoms with van der Waals surface area (Å²) in [7, 11) is 1.69. The number of likely N-dealkylation sites (tertiary alicyclic amines) is 1. The van der Waals surface area contributed by atoms with E-state index in [4.69, 9.17) is 4.74 Å². The molecule has 1 aromatic carbocycles. The fraction of sp³-hybridized carbons (Fsp3) is 0.579. The lowest BCUT2D eigenvalue weighted by Crippen LogP contribution is -2.40. The number of guanidine groups is 1. The SMILES string of the molecule is CCNC(=NCC(=O)N1CCCC1)NCC(C)c1ccccc1OC. The van der Waals surface area contributed by atoms with Crippen LogP contribution in [0.3, 0.4) is 0 Å². The van der Waals surface area contributed by atoms with Crippen LogP contribution in [-0.4, -0.2) is 56.6 Å². The first-order valence-corrected chi connectivity index (χ1v) is 9.08. The number of amides is 1. The standard InChI is InChI=1S/C19H30N4O2/c1-4-20-19(22-14-18(24)23-11-7-8-12-23)21-13-15(2)16-9-5-6-10-17(16)25-3/h5-6,9-10,15H,4,7-8,11-14H2,1-3H3,(H2,20,21,22). The van der Waals surface area contributed by atoms with Crippen molar-refractivity contribution < 1.29 is 9.53 Å². The van der Waals surface area contributed by atoms with Gasteiger partial charge in [0.2, 0.25) is 5.91 Å². The molecule has 6 heteroatoms. The molecule has 0 aliphatic carbocycles. The Labute approximate surface area is 150 Å². The fourth-order valence-electron chi connectivity index (χ4n) is 2.99. The number of hydrogen-bond acceptors (Lipinski definition) is 3. The number of hydrogen-bond donors (Lipinski definition) is 2. The lowest BCUT2D eigenvalue weighted by Gasteiger charge is -2.19. The Morgan fingerprint density at radius 2 is 2.00 bits per heavy atom. The number of carbonyl (C=O) groups excluding carboxylic acids is 1. The van der Waals surface area contributed by atoms with Gasteiger partial charge in [0.05, 0.1) is 7.11 Å². The van der Waals surface area contributed by atoms with Gasteiger partial charge in [0.25, 0.3) is 0 Å². The molecule has 0 radical (unpaired) electrons. The number of benzene rings is 1. The summed E-state index contributed by atoms with van der Waals surface area (Å²) in [5, 5.41) is 6.53. The zero-order valence-corrected chi connectivity index (χ0v) is 15.5. The van der Waals surface area contributed by atoms with Crippen molar-refractivity contribution in [3.05, 3.63) is 29.8 Å². The molecule has 1 unspecified atom stereocenters. The van der Waals surface area contributed by atoms with Crippen LogP contribution in [0.15, 0.2) is 29.3 Å². The minimum atomic E-state index is 0.104. The highest BCUT2D eigenvalue weighted by Crippen LogP contribution is 2.25. The van der Waals surface area contributed by atoms with Gasteiger partial charge in [0.1, 0.15) is 12.3 Å². The second-order valence-corrected chi connectivity index (χ2v) is 6.31. The van der Waals surface area contributed by atoms with E-state index in [0.29, 0.717) is 12.5 Å². The van der Waals surface area contributed by atoms with Gasteiger partial charge in [-0.3, -0.25) is 4.79 Å². The molecule has 6 nitrogen and oxygen atoms in total. The van der Waals surface area contributed by atoms with Gasteiger partial charge in [-0.1, -0.05) is 25.1 Å². The molecule has 1 aliphatic rings. The summed E-state index contributed by atoms with van der Waals surface area (Å²) in [6.07, 6.45) is 2.20. The molecule has 1 fully saturated rings. The van der Waals surface area contributed by atoms with E-state index in [1.165, 1.54) is 0 Å². The van der Waals surface area contributed by atoms with Gasteiger partial charge in [-0.25, -0.2) is 4.99 Å². The number of nitrogens with one attached hydrogen (secondary N) is 2. The third-order valence-electron chi connectivity index (χ3n) is 4.42. The van der Waals surface area contributed by atoms with E-state index in [2.05, 4.69) is 28.6 Å². The number of carbonyl (C=O) groups is 1. The van der Waals surface area contributed by atoms with Crippen molar-refractivity contribution in [2.75, 3.05) is 39.8 Å². The maximum absolute atomic E-state index is 12.1. The Hall–Kier alpha value is -2.24. The minimum Gasteiger partial charge on any atom is -0.496 e. The van der Waals surface area contributed by atoms with Gasteiger partial charge < -0.3 is 20.3 Å². The molecule has 2 rings (SSSR count). The summed E-state index contributed by atoms with van der Waals surface area (Å²) in [6.45, 7) is 7.55. The Kier molecular flexibility index (Phi) is 7.57. The normalized spacial score (nSPS) is 15.8. The molecular formula is C19H30N4O2. The molecule has 0 spiro atoms. The molecule has 1 amide bonds. The maximum Gasteiger partial charge on any atom is 0.244 e. The molecule has 1 aromatic rings. The Morgan fingerprint density at radius 3 is 2.68 bits per heavy atom. The molecule has 0 aromatic heterocycles. The van der Waals surface area contributed by atoms with Crippen LogP contribution in [0, 0.1) is 0 Å². The van der Waals surface area contributed by atoms with Crippen molar-refractivity contribution in [1.29, 1.82) is 0 Å². The molecule has 1 atom stereocenters. The van der Waals surface area contributed by atoms with Crippen molar-refractivity contribution in [2.24, 2.45) is 4.99 Å². The molecule has 0 saturated carbocycles. The lowest BCUT2D eigenvalue weighted by atomic mass is 10.0. The van der Waals surface area contributed by atoms with E-state index >= 15 is 0 Å². The smallest absolute Gasteiger partial charge is 0.244 e. The monoisotopic (exact) mass is 346 g/mol. The van der Waals surface area contributed by atoms with Gasteiger partial charge in [-0.2, -0.15) is 0 Å². The predicted molar refractivity (Wildman–Crippen MR) is 101 cm³/mol. The second-order valence-electron chi connectivity index (χ2n) is 6.31. The van der Waals surface area contributed by atoms with E-state index < -0.39 is 0 Å². The Balaban J connectivity index is 1.91. The summed E-state index contributed by atoms with van der Waals surface area (Å²) in [5.74, 6) is 1.93. The van der Waals surface area contributed by atoms with Gasteiger partial charge in [0, 0.05) is 32.1 Å². The number of methoxy groups -OCH3 is 1. The van der Waals surface area contributed by atoms with Crippen LogP contribution in [0.25, 0.3) is 0 Å². The zero-order chi connectivity index (χ0) is 18.1. The highest BCUT2D eigenvalue weighted by atomic mass is 16.5. The highest BCUT2D eigenvalue weighted by molar-refractivity contribution is 5.85. The van der Waals surface area contributed by atoms with Crippen molar-refractivity contribution in [1.82, 2.24) is 15.5 Å². The third-order valence-corrected chi connectivity index (χ3v) is 4.42. The number of para-hydroxylation sites is 1. The summed E-state index contributed by atoms with van der Waals surface area (Å²) in [4.78, 5) is 18.5. The third kappa shape index (κ3) is 5.66. The summed E-state index contributed by atoms with van der Waals surface area (Å²) >= 11 is 0. The minimum absolute atomic E-state index is 0.104. The van der Waals surface area contributed by atoms with Crippen LogP contribution in [-0.2, 0) is 4.79 Å². The first kappa shape index (κ1) is 19.1. The summed E-state index contributed by atoms with van der Waals surface area (Å²) in [5.41, 5.74) is 1.15. The van der Waals surface area contributed by atoms with Crippen LogP contribution >= 0.6 is 0 Å². The first-order valence-electron chi connectivity index (χ1n) is 9.08. The van der Waals surface area contributed by atoms with Crippen LogP contribution < -0.4 is 15.4 Å². The molecule has 2 N–H and O–H groups in total. The Bertz CT molecular complexity index is 583. The fourth-order valence-corrected chi connectivity index (χ4v) is 2.99. The highest BCUT2D eigenvalue weighted by Gasteiger charge is 2.17. The van der Waals surface area contributed by atoms with Crippen molar-refractivity contribution >= 4 is 11.9 Å². The molecule has 138 valence electrons. The van der Waals surface area contributed by atoms with Gasteiger partial charge >= 0.3 is 0 Å². The lowest BCUT2D eigenvalue weighted by molar-refractivity contribution is -0.128. The second kappa shape index (κ2) is 9.91.